The molecule has 0 spiro atoms. The third-order valence-corrected chi connectivity index (χ3v) is 9.04. The van der Waals surface area contributed by atoms with Crippen LogP contribution in [0.4, 0.5) is 26.3 Å². The van der Waals surface area contributed by atoms with Crippen molar-refractivity contribution in [2.24, 2.45) is 5.73 Å². The van der Waals surface area contributed by atoms with Crippen molar-refractivity contribution in [3.05, 3.63) is 52.4 Å². The normalized spacial score (nSPS) is 19.4. The molecule has 4 aromatic rings. The number of benzene rings is 1. The predicted octanol–water partition coefficient (Wildman–Crippen LogP) is 4.23. The van der Waals surface area contributed by atoms with E-state index in [1.165, 1.54) is 26.2 Å². The van der Waals surface area contributed by atoms with Crippen LogP contribution in [0.1, 0.15) is 52.4 Å². The van der Waals surface area contributed by atoms with Crippen LogP contribution < -0.4 is 20.5 Å². The molecule has 11 nitrogen and oxygen atoms in total. The number of rotatable bonds is 8. The summed E-state index contributed by atoms with van der Waals surface area (Å²) in [5, 5.41) is 16.9. The van der Waals surface area contributed by atoms with Crippen LogP contribution in [0.2, 0.25) is 0 Å². The minimum Gasteiger partial charge on any atom is -0.494 e. The summed E-state index contributed by atoms with van der Waals surface area (Å²) in [4.78, 5) is 32.4. The summed E-state index contributed by atoms with van der Waals surface area (Å²) < 4.78 is 96.7. The van der Waals surface area contributed by atoms with Crippen LogP contribution in [0.15, 0.2) is 30.6 Å². The highest BCUT2D eigenvalue weighted by molar-refractivity contribution is 7.15. The molecule has 1 aromatic carbocycles. The Morgan fingerprint density at radius 1 is 1.22 bits per heavy atom. The summed E-state index contributed by atoms with van der Waals surface area (Å²) in [6.07, 6.45) is -6.07. The van der Waals surface area contributed by atoms with Gasteiger partial charge in [-0.05, 0) is 38.0 Å². The first-order chi connectivity index (χ1) is 21.5. The van der Waals surface area contributed by atoms with Gasteiger partial charge in [-0.25, -0.2) is 9.97 Å². The van der Waals surface area contributed by atoms with Gasteiger partial charge in [0.2, 0.25) is 11.5 Å². The van der Waals surface area contributed by atoms with Crippen LogP contribution in [0.3, 0.4) is 0 Å². The molecule has 0 radical (unpaired) electrons. The second kappa shape index (κ2) is 10.5. The lowest BCUT2D eigenvalue weighted by molar-refractivity contribution is -0.265. The molecule has 0 unspecified atom stereocenters. The van der Waals surface area contributed by atoms with Gasteiger partial charge in [-0.3, -0.25) is 14.3 Å². The molecule has 3 aromatic heterocycles. The maximum Gasteiger partial charge on any atom is 0.443 e. The Balaban J connectivity index is 1.40. The maximum absolute atomic E-state index is 14.7. The number of fused-ring (bicyclic) bond motifs is 2. The number of hydrogen-bond donors (Lipinski definition) is 3. The highest BCUT2D eigenvalue weighted by atomic mass is 32.1. The number of alkyl halides is 6. The number of amides is 2. The SMILES string of the molecule is COc1cc(C(=O)NC[C@](O)(c2cc3c(c(-c4cnc(C(F)(F)F)s4)n2)OC[C@]3(C)C(N)=O)C(F)(F)F)cc2cn(C3CC3)nc12. The Bertz CT molecular complexity index is 1890. The number of nitrogens with one attached hydrogen (secondary N) is 1. The summed E-state index contributed by atoms with van der Waals surface area (Å²) in [5.41, 5.74) is -1.61. The molecule has 2 amide bonds. The van der Waals surface area contributed by atoms with Gasteiger partial charge in [-0.2, -0.15) is 31.4 Å². The maximum atomic E-state index is 14.7. The number of nitrogens with two attached hydrogens (primary N) is 1. The third-order valence-electron chi connectivity index (χ3n) is 7.99. The second-order valence-electron chi connectivity index (χ2n) is 11.2. The molecule has 1 fully saturated rings. The highest BCUT2D eigenvalue weighted by Gasteiger charge is 2.58. The van der Waals surface area contributed by atoms with Crippen molar-refractivity contribution < 1.29 is 50.5 Å². The Hall–Kier alpha value is -4.45. The molecule has 0 bridgehead atoms. The molecule has 1 aliphatic carbocycles. The summed E-state index contributed by atoms with van der Waals surface area (Å²) in [7, 11) is 1.34. The fraction of sp³-hybridized carbons (Fsp3) is 0.393. The summed E-state index contributed by atoms with van der Waals surface area (Å²) in [6, 6.07) is 3.66. The average molecular weight is 671 g/mol. The van der Waals surface area contributed by atoms with Crippen molar-refractivity contribution in [1.29, 1.82) is 0 Å². The number of thiazole rings is 1. The van der Waals surface area contributed by atoms with Crippen LogP contribution in [-0.2, 0) is 22.0 Å². The van der Waals surface area contributed by atoms with Crippen LogP contribution in [0, 0.1) is 0 Å². The van der Waals surface area contributed by atoms with Crippen LogP contribution >= 0.6 is 11.3 Å². The number of ether oxygens (including phenoxy) is 2. The molecule has 6 rings (SSSR count). The largest absolute Gasteiger partial charge is 0.494 e. The molecule has 4 N–H and O–H groups in total. The molecule has 0 saturated heterocycles. The summed E-state index contributed by atoms with van der Waals surface area (Å²) in [6.45, 7) is -0.651. The van der Waals surface area contributed by atoms with Crippen LogP contribution in [0.25, 0.3) is 21.5 Å². The molecular formula is C28H24F6N6O5S. The van der Waals surface area contributed by atoms with E-state index in [1.807, 2.05) is 0 Å². The van der Waals surface area contributed by atoms with Crippen molar-refractivity contribution in [2.45, 2.75) is 49.2 Å². The quantitative estimate of drug-likeness (QED) is 0.236. The molecular weight excluding hydrogens is 646 g/mol. The molecule has 2 atom stereocenters. The van der Waals surface area contributed by atoms with Crippen molar-refractivity contribution in [2.75, 3.05) is 20.3 Å². The monoisotopic (exact) mass is 670 g/mol. The van der Waals surface area contributed by atoms with Gasteiger partial charge < -0.3 is 25.6 Å². The lowest BCUT2D eigenvalue weighted by atomic mass is 9.82. The fourth-order valence-electron chi connectivity index (χ4n) is 5.06. The Morgan fingerprint density at radius 3 is 2.52 bits per heavy atom. The Labute approximate surface area is 259 Å². The van der Waals surface area contributed by atoms with Crippen LogP contribution in [-0.4, -0.2) is 63.1 Å². The molecule has 2 aliphatic rings. The van der Waals surface area contributed by atoms with E-state index in [0.717, 1.165) is 25.1 Å². The van der Waals surface area contributed by atoms with Crippen molar-refractivity contribution in [3.63, 3.8) is 0 Å². The lowest BCUT2D eigenvalue weighted by Crippen LogP contribution is -2.51. The zero-order valence-corrected chi connectivity index (χ0v) is 24.7. The van der Waals surface area contributed by atoms with Crippen LogP contribution in [0.5, 0.6) is 11.5 Å². The number of hydrogen-bond acceptors (Lipinski definition) is 9. The van der Waals surface area contributed by atoms with E-state index in [0.29, 0.717) is 10.9 Å². The lowest BCUT2D eigenvalue weighted by Gasteiger charge is -2.31. The highest BCUT2D eigenvalue weighted by Crippen LogP contribution is 2.49. The van der Waals surface area contributed by atoms with Gasteiger partial charge in [-0.1, -0.05) is 0 Å². The first-order valence-electron chi connectivity index (χ1n) is 13.6. The number of pyridine rings is 1. The van der Waals surface area contributed by atoms with Gasteiger partial charge in [0.05, 0.1) is 30.3 Å². The summed E-state index contributed by atoms with van der Waals surface area (Å²) >= 11 is 0.0753. The third kappa shape index (κ3) is 5.18. The van der Waals surface area contributed by atoms with Gasteiger partial charge in [0, 0.05) is 28.9 Å². The minimum absolute atomic E-state index is 0.0753. The van der Waals surface area contributed by atoms with Gasteiger partial charge in [-0.15, -0.1) is 11.3 Å². The standard InChI is InChI=1S/C28H24F6N6O5S/c1-25(23(35)42)11-45-21-15(25)7-18(38-20(21)17-8-36-24(46-17)27(29,30)31)26(43,28(32,33)34)10-37-22(41)12-5-13-9-40(14-3-4-14)39-19(13)16(6-12)44-2/h5-9,14,43H,3-4,10-11H2,1-2H3,(H2,35,42)(H,37,41)/t25-,26-/m0/s1. The van der Waals surface area contributed by atoms with E-state index in [2.05, 4.69) is 20.4 Å². The zero-order chi connectivity index (χ0) is 33.4. The topological polar surface area (TPSA) is 154 Å². The molecule has 1 saturated carbocycles. The second-order valence-corrected chi connectivity index (χ2v) is 12.3. The number of nitrogens with zero attached hydrogens (tertiary/aromatic N) is 4. The van der Waals surface area contributed by atoms with Gasteiger partial charge in [0.15, 0.2) is 10.8 Å². The zero-order valence-electron chi connectivity index (χ0n) is 23.9. The Kier molecular flexibility index (Phi) is 7.23. The van der Waals surface area contributed by atoms with Crippen molar-refractivity contribution >= 4 is 34.1 Å². The average Bonchev–Trinajstić information content (AvgIpc) is 3.38. The van der Waals surface area contributed by atoms with E-state index in [4.69, 9.17) is 15.2 Å². The predicted molar refractivity (Wildman–Crippen MR) is 149 cm³/mol. The number of primary amides is 1. The number of carbonyl (C=O) groups excluding carboxylic acids is 2. The van der Waals surface area contributed by atoms with Gasteiger partial charge in [0.25, 0.3) is 5.91 Å². The number of aromatic nitrogens is 4. The van der Waals surface area contributed by atoms with E-state index < -0.39 is 64.7 Å². The molecule has 18 heteroatoms. The van der Waals surface area contributed by atoms with E-state index in [1.54, 1.807) is 10.9 Å². The van der Waals surface area contributed by atoms with Gasteiger partial charge >= 0.3 is 12.4 Å². The molecule has 244 valence electrons. The van der Waals surface area contributed by atoms with E-state index >= 15 is 0 Å². The minimum atomic E-state index is -5.49. The summed E-state index contributed by atoms with van der Waals surface area (Å²) in [5.74, 6) is -2.10. The van der Waals surface area contributed by atoms with Crippen molar-refractivity contribution in [1.82, 2.24) is 25.1 Å². The van der Waals surface area contributed by atoms with Gasteiger partial charge in [0.1, 0.15) is 29.0 Å². The van der Waals surface area contributed by atoms with E-state index in [-0.39, 0.29) is 44.9 Å². The number of halogens is 6. The first-order valence-corrected chi connectivity index (χ1v) is 14.4. The first kappa shape index (κ1) is 31.5. The molecule has 1 aliphatic heterocycles. The number of carbonyl (C=O) groups is 2. The Morgan fingerprint density at radius 2 is 1.93 bits per heavy atom. The number of aliphatic hydroxyl groups is 1. The number of methoxy groups -OCH3 is 1. The van der Waals surface area contributed by atoms with Crippen molar-refractivity contribution in [3.8, 4) is 22.1 Å². The molecule has 46 heavy (non-hydrogen) atoms. The molecule has 4 heterocycles. The smallest absolute Gasteiger partial charge is 0.443 e. The fourth-order valence-corrected chi connectivity index (χ4v) is 5.83. The van der Waals surface area contributed by atoms with E-state index in [9.17, 15) is 41.0 Å².